The maximum atomic E-state index is 4.58. The van der Waals surface area contributed by atoms with Gasteiger partial charge in [-0.05, 0) is 38.3 Å². The molecule has 0 spiro atoms. The fraction of sp³-hybridized carbons (Fsp3) is 0.444. The van der Waals surface area contributed by atoms with E-state index >= 15 is 0 Å². The van der Waals surface area contributed by atoms with E-state index in [0.717, 1.165) is 23.7 Å². The van der Waals surface area contributed by atoms with Crippen LogP contribution in [0.5, 0.6) is 0 Å². The monoisotopic (exact) mass is 298 g/mol. The van der Waals surface area contributed by atoms with Gasteiger partial charge in [-0.15, -0.1) is 0 Å². The van der Waals surface area contributed by atoms with Gasteiger partial charge in [-0.2, -0.15) is 4.98 Å². The molecule has 4 heteroatoms. The lowest BCUT2D eigenvalue weighted by atomic mass is 10.1. The smallest absolute Gasteiger partial charge is 0.229 e. The lowest BCUT2D eigenvalue weighted by Gasteiger charge is -2.13. The molecule has 4 nitrogen and oxygen atoms in total. The number of hydrogen-bond acceptors (Lipinski definition) is 4. The highest BCUT2D eigenvalue weighted by atomic mass is 15.1. The summed E-state index contributed by atoms with van der Waals surface area (Å²) >= 11 is 0. The van der Waals surface area contributed by atoms with Crippen molar-refractivity contribution >= 4 is 17.5 Å². The Labute approximate surface area is 133 Å². The highest BCUT2D eigenvalue weighted by Gasteiger charge is 2.06. The van der Waals surface area contributed by atoms with Crippen LogP contribution in [0.3, 0.4) is 0 Å². The molecule has 2 aromatic rings. The van der Waals surface area contributed by atoms with Crippen molar-refractivity contribution in [1.82, 2.24) is 9.97 Å². The Balaban J connectivity index is 2.12. The maximum absolute atomic E-state index is 4.58. The van der Waals surface area contributed by atoms with Gasteiger partial charge in [0.1, 0.15) is 5.82 Å². The molecule has 1 heterocycles. The second kappa shape index (κ2) is 7.78. The fourth-order valence-corrected chi connectivity index (χ4v) is 2.43. The predicted molar refractivity (Wildman–Crippen MR) is 94.0 cm³/mol. The zero-order valence-electron chi connectivity index (χ0n) is 14.0. The Morgan fingerprint density at radius 1 is 1.00 bits per heavy atom. The summed E-state index contributed by atoms with van der Waals surface area (Å²) in [6, 6.07) is 8.24. The lowest BCUT2D eigenvalue weighted by molar-refractivity contribution is 0.742. The Kier molecular flexibility index (Phi) is 5.75. The number of nitrogens with zero attached hydrogens (tertiary/aromatic N) is 2. The summed E-state index contributed by atoms with van der Waals surface area (Å²) in [7, 11) is 0. The summed E-state index contributed by atoms with van der Waals surface area (Å²) < 4.78 is 0. The molecule has 0 aliphatic rings. The standard InChI is InChI=1S/C18H26N4/c1-5-6-7-11-19-16-12-15(4)20-18(21-16)22-17-13(2)9-8-10-14(17)3/h8-10,12H,5-7,11H2,1-4H3,(H2,19,20,21,22). The largest absolute Gasteiger partial charge is 0.370 e. The summed E-state index contributed by atoms with van der Waals surface area (Å²) in [4.78, 5) is 9.07. The van der Waals surface area contributed by atoms with E-state index in [0.29, 0.717) is 5.95 Å². The lowest BCUT2D eigenvalue weighted by Crippen LogP contribution is -2.07. The molecular formula is C18H26N4. The molecule has 0 bridgehead atoms. The molecule has 0 unspecified atom stereocenters. The van der Waals surface area contributed by atoms with E-state index in [2.05, 4.69) is 59.6 Å². The SMILES string of the molecule is CCCCCNc1cc(C)nc(Nc2c(C)cccc2C)n1. The third-order valence-corrected chi connectivity index (χ3v) is 3.66. The highest BCUT2D eigenvalue weighted by Crippen LogP contribution is 2.23. The Bertz CT molecular complexity index is 602. The molecule has 0 fully saturated rings. The highest BCUT2D eigenvalue weighted by molar-refractivity contribution is 5.63. The van der Waals surface area contributed by atoms with Crippen LogP contribution >= 0.6 is 0 Å². The number of aromatic nitrogens is 2. The quantitative estimate of drug-likeness (QED) is 0.724. The number of benzene rings is 1. The van der Waals surface area contributed by atoms with Gasteiger partial charge in [0.25, 0.3) is 0 Å². The van der Waals surface area contributed by atoms with Crippen molar-refractivity contribution in [3.8, 4) is 0 Å². The van der Waals surface area contributed by atoms with Crippen molar-refractivity contribution in [1.29, 1.82) is 0 Å². The van der Waals surface area contributed by atoms with Gasteiger partial charge in [0.05, 0.1) is 0 Å². The van der Waals surface area contributed by atoms with Gasteiger partial charge in [0.2, 0.25) is 5.95 Å². The van der Waals surface area contributed by atoms with Crippen molar-refractivity contribution in [2.75, 3.05) is 17.2 Å². The van der Waals surface area contributed by atoms with Gasteiger partial charge < -0.3 is 10.6 Å². The van der Waals surface area contributed by atoms with Crippen LogP contribution in [0, 0.1) is 20.8 Å². The van der Waals surface area contributed by atoms with E-state index in [1.807, 2.05) is 13.0 Å². The van der Waals surface area contributed by atoms with Crippen LogP contribution in [-0.4, -0.2) is 16.5 Å². The van der Waals surface area contributed by atoms with Crippen molar-refractivity contribution in [3.05, 3.63) is 41.1 Å². The first-order valence-corrected chi connectivity index (χ1v) is 8.03. The van der Waals surface area contributed by atoms with E-state index < -0.39 is 0 Å². The van der Waals surface area contributed by atoms with Crippen LogP contribution in [0.25, 0.3) is 0 Å². The average molecular weight is 298 g/mol. The van der Waals surface area contributed by atoms with Gasteiger partial charge in [0, 0.05) is 24.0 Å². The summed E-state index contributed by atoms with van der Waals surface area (Å²) in [6.45, 7) is 9.34. The molecule has 22 heavy (non-hydrogen) atoms. The van der Waals surface area contributed by atoms with Crippen molar-refractivity contribution in [3.63, 3.8) is 0 Å². The zero-order valence-corrected chi connectivity index (χ0v) is 14.0. The molecule has 0 radical (unpaired) electrons. The molecule has 1 aromatic heterocycles. The molecule has 0 aliphatic carbocycles. The van der Waals surface area contributed by atoms with Crippen molar-refractivity contribution < 1.29 is 0 Å². The summed E-state index contributed by atoms with van der Waals surface area (Å²) in [5.74, 6) is 1.53. The number of rotatable bonds is 7. The zero-order chi connectivity index (χ0) is 15.9. The molecule has 0 atom stereocenters. The summed E-state index contributed by atoms with van der Waals surface area (Å²) in [5.41, 5.74) is 4.44. The van der Waals surface area contributed by atoms with Crippen LogP contribution in [0.4, 0.5) is 17.5 Å². The summed E-state index contributed by atoms with van der Waals surface area (Å²) in [5, 5.41) is 6.75. The topological polar surface area (TPSA) is 49.8 Å². The third-order valence-electron chi connectivity index (χ3n) is 3.66. The van der Waals surface area contributed by atoms with Gasteiger partial charge in [-0.1, -0.05) is 38.0 Å². The van der Waals surface area contributed by atoms with E-state index in [9.17, 15) is 0 Å². The maximum Gasteiger partial charge on any atom is 0.229 e. The molecule has 1 aromatic carbocycles. The number of hydrogen-bond donors (Lipinski definition) is 2. The molecule has 0 aliphatic heterocycles. The van der Waals surface area contributed by atoms with Gasteiger partial charge in [-0.25, -0.2) is 4.98 Å². The minimum atomic E-state index is 0.649. The predicted octanol–water partition coefficient (Wildman–Crippen LogP) is 4.75. The first-order chi connectivity index (χ1) is 10.6. The second-order valence-electron chi connectivity index (χ2n) is 5.74. The van der Waals surface area contributed by atoms with Gasteiger partial charge in [0.15, 0.2) is 0 Å². The van der Waals surface area contributed by atoms with Crippen LogP contribution in [0.2, 0.25) is 0 Å². The molecule has 0 amide bonds. The number of unbranched alkanes of at least 4 members (excludes halogenated alkanes) is 2. The number of aryl methyl sites for hydroxylation is 3. The summed E-state index contributed by atoms with van der Waals surface area (Å²) in [6.07, 6.45) is 3.63. The van der Waals surface area contributed by atoms with E-state index in [-0.39, 0.29) is 0 Å². The number of para-hydroxylation sites is 1. The minimum absolute atomic E-state index is 0.649. The Morgan fingerprint density at radius 2 is 1.73 bits per heavy atom. The molecule has 2 rings (SSSR count). The van der Waals surface area contributed by atoms with E-state index in [4.69, 9.17) is 0 Å². The van der Waals surface area contributed by atoms with Crippen LogP contribution < -0.4 is 10.6 Å². The Hall–Kier alpha value is -2.10. The van der Waals surface area contributed by atoms with Gasteiger partial charge in [-0.3, -0.25) is 0 Å². The molecule has 2 N–H and O–H groups in total. The fourth-order valence-electron chi connectivity index (χ4n) is 2.43. The normalized spacial score (nSPS) is 10.5. The van der Waals surface area contributed by atoms with E-state index in [1.54, 1.807) is 0 Å². The second-order valence-corrected chi connectivity index (χ2v) is 5.74. The van der Waals surface area contributed by atoms with Crippen LogP contribution in [-0.2, 0) is 0 Å². The first kappa shape index (κ1) is 16.3. The van der Waals surface area contributed by atoms with Crippen LogP contribution in [0.15, 0.2) is 24.3 Å². The number of anilines is 3. The Morgan fingerprint density at radius 3 is 2.41 bits per heavy atom. The molecule has 0 saturated carbocycles. The number of nitrogens with one attached hydrogen (secondary N) is 2. The van der Waals surface area contributed by atoms with Crippen molar-refractivity contribution in [2.24, 2.45) is 0 Å². The van der Waals surface area contributed by atoms with E-state index in [1.165, 1.54) is 30.4 Å². The third kappa shape index (κ3) is 4.45. The van der Waals surface area contributed by atoms with Gasteiger partial charge >= 0.3 is 0 Å². The average Bonchev–Trinajstić information content (AvgIpc) is 2.47. The first-order valence-electron chi connectivity index (χ1n) is 8.03. The minimum Gasteiger partial charge on any atom is -0.370 e. The van der Waals surface area contributed by atoms with Crippen LogP contribution in [0.1, 0.15) is 43.0 Å². The molecule has 0 saturated heterocycles. The molecule has 118 valence electrons. The van der Waals surface area contributed by atoms with Crippen molar-refractivity contribution in [2.45, 2.75) is 47.0 Å². The molecular weight excluding hydrogens is 272 g/mol.